The number of nitrogens with zero attached hydrogens (tertiary/aromatic N) is 2. The Morgan fingerprint density at radius 3 is 2.23 bits per heavy atom. The van der Waals surface area contributed by atoms with Crippen LogP contribution < -0.4 is 5.32 Å². The van der Waals surface area contributed by atoms with Crippen molar-refractivity contribution in [2.75, 3.05) is 0 Å². The Kier molecular flexibility index (Phi) is 7.25. The van der Waals surface area contributed by atoms with Crippen LogP contribution in [0.15, 0.2) is 43.1 Å². The van der Waals surface area contributed by atoms with Crippen LogP contribution in [-0.2, 0) is 9.47 Å². The summed E-state index contributed by atoms with van der Waals surface area (Å²) in [4.78, 5) is 29.8. The van der Waals surface area contributed by atoms with E-state index in [1.165, 1.54) is 22.9 Å². The van der Waals surface area contributed by atoms with Crippen molar-refractivity contribution < 1.29 is 23.5 Å². The van der Waals surface area contributed by atoms with Crippen molar-refractivity contribution in [1.82, 2.24) is 14.9 Å². The Hall–Kier alpha value is -3.16. The quantitative estimate of drug-likeness (QED) is 0.622. The molecule has 0 saturated carbocycles. The van der Waals surface area contributed by atoms with Gasteiger partial charge in [0.2, 0.25) is 0 Å². The molecule has 0 aliphatic carbocycles. The number of amides is 1. The molecule has 31 heavy (non-hydrogen) atoms. The molecule has 0 aliphatic heterocycles. The normalized spacial score (nSPS) is 12.7. The number of imidazole rings is 1. The van der Waals surface area contributed by atoms with Gasteiger partial charge in [0.05, 0.1) is 11.7 Å². The van der Waals surface area contributed by atoms with E-state index in [9.17, 15) is 14.0 Å². The van der Waals surface area contributed by atoms with E-state index in [4.69, 9.17) is 9.47 Å². The molecule has 1 aromatic heterocycles. The molecule has 0 saturated heterocycles. The molecular weight excluding hydrogens is 401 g/mol. The topological polar surface area (TPSA) is 82.5 Å². The van der Waals surface area contributed by atoms with Gasteiger partial charge in [-0.25, -0.2) is 23.5 Å². The molecule has 0 radical (unpaired) electrons. The Labute approximate surface area is 182 Å². The number of aromatic nitrogens is 2. The van der Waals surface area contributed by atoms with Crippen LogP contribution in [-0.4, -0.2) is 32.9 Å². The van der Waals surface area contributed by atoms with Crippen LogP contribution in [0.5, 0.6) is 0 Å². The predicted octanol–water partition coefficient (Wildman–Crippen LogP) is 5.61. The summed E-state index contributed by atoms with van der Waals surface area (Å²) in [5.74, 6) is -0.133. The van der Waals surface area contributed by atoms with Gasteiger partial charge in [0.1, 0.15) is 22.8 Å². The smallest absolute Gasteiger partial charge is 0.420 e. The Balaban J connectivity index is 2.49. The summed E-state index contributed by atoms with van der Waals surface area (Å²) in [5.41, 5.74) is -0.385. The molecule has 8 heteroatoms. The third kappa shape index (κ3) is 7.24. The van der Waals surface area contributed by atoms with E-state index in [2.05, 4.69) is 16.9 Å². The largest absolute Gasteiger partial charge is 0.444 e. The molecule has 1 atom stereocenters. The summed E-state index contributed by atoms with van der Waals surface area (Å²) >= 11 is 0. The second-order valence-corrected chi connectivity index (χ2v) is 9.06. The van der Waals surface area contributed by atoms with Gasteiger partial charge in [-0.2, -0.15) is 0 Å². The van der Waals surface area contributed by atoms with E-state index in [0.717, 1.165) is 0 Å². The third-order valence-electron chi connectivity index (χ3n) is 3.87. The van der Waals surface area contributed by atoms with Gasteiger partial charge < -0.3 is 14.8 Å². The molecule has 0 fully saturated rings. The fraction of sp³-hybridized carbons (Fsp3) is 0.435. The van der Waals surface area contributed by atoms with Crippen molar-refractivity contribution in [2.24, 2.45) is 0 Å². The lowest BCUT2D eigenvalue weighted by Gasteiger charge is -2.24. The van der Waals surface area contributed by atoms with Crippen molar-refractivity contribution in [3.05, 3.63) is 54.8 Å². The molecule has 0 aliphatic rings. The van der Waals surface area contributed by atoms with E-state index in [0.29, 0.717) is 17.7 Å². The number of halogens is 1. The van der Waals surface area contributed by atoms with Crippen molar-refractivity contribution in [2.45, 2.75) is 65.2 Å². The highest BCUT2D eigenvalue weighted by Gasteiger charge is 2.28. The highest BCUT2D eigenvalue weighted by Crippen LogP contribution is 2.25. The molecular formula is C23H30FN3O4. The predicted molar refractivity (Wildman–Crippen MR) is 116 cm³/mol. The first-order valence-electron chi connectivity index (χ1n) is 9.98. The molecule has 1 aromatic carbocycles. The average Bonchev–Trinajstić information content (AvgIpc) is 3.04. The Bertz CT molecular complexity index is 937. The zero-order valence-electron chi connectivity index (χ0n) is 18.9. The fourth-order valence-electron chi connectivity index (χ4n) is 2.70. The summed E-state index contributed by atoms with van der Waals surface area (Å²) < 4.78 is 25.4. The van der Waals surface area contributed by atoms with Gasteiger partial charge in [0.25, 0.3) is 0 Å². The van der Waals surface area contributed by atoms with Gasteiger partial charge in [-0.3, -0.25) is 0 Å². The second kappa shape index (κ2) is 9.32. The summed E-state index contributed by atoms with van der Waals surface area (Å²) in [7, 11) is 0. The minimum Gasteiger partial charge on any atom is -0.444 e. The van der Waals surface area contributed by atoms with Gasteiger partial charge in [-0.15, -0.1) is 6.58 Å². The zero-order chi connectivity index (χ0) is 23.4. The number of benzene rings is 1. The lowest BCUT2D eigenvalue weighted by molar-refractivity contribution is 0.0473. The first kappa shape index (κ1) is 24.1. The van der Waals surface area contributed by atoms with E-state index >= 15 is 0 Å². The minimum atomic E-state index is -0.735. The second-order valence-electron chi connectivity index (χ2n) is 9.06. The van der Waals surface area contributed by atoms with Crippen LogP contribution in [0, 0.1) is 5.82 Å². The molecule has 168 valence electrons. The summed E-state index contributed by atoms with van der Waals surface area (Å²) in [5, 5.41) is 2.74. The SMILES string of the molecule is C=CC[C@H](NC(=O)OC(C)(C)C)c1nc(-c2ccc(F)cc2)cn1C(=O)OC(C)(C)C. The van der Waals surface area contributed by atoms with Gasteiger partial charge in [-0.05, 0) is 72.2 Å². The van der Waals surface area contributed by atoms with Gasteiger partial charge in [0.15, 0.2) is 0 Å². The number of hydrogen-bond donors (Lipinski definition) is 1. The highest BCUT2D eigenvalue weighted by molar-refractivity contribution is 5.75. The Morgan fingerprint density at radius 2 is 1.71 bits per heavy atom. The first-order valence-corrected chi connectivity index (χ1v) is 9.98. The molecule has 0 bridgehead atoms. The minimum absolute atomic E-state index is 0.249. The third-order valence-corrected chi connectivity index (χ3v) is 3.87. The molecule has 0 unspecified atom stereocenters. The lowest BCUT2D eigenvalue weighted by atomic mass is 10.1. The first-order chi connectivity index (χ1) is 14.3. The van der Waals surface area contributed by atoms with Gasteiger partial charge in [0, 0.05) is 11.8 Å². The number of ether oxygens (including phenoxy) is 2. The zero-order valence-corrected chi connectivity index (χ0v) is 18.9. The molecule has 0 spiro atoms. The maximum atomic E-state index is 13.3. The summed E-state index contributed by atoms with van der Waals surface area (Å²) in [6.07, 6.45) is 2.10. The number of hydrogen-bond acceptors (Lipinski definition) is 5. The number of carbonyl (C=O) groups excluding carboxylic acids is 2. The van der Waals surface area contributed by atoms with Crippen molar-refractivity contribution in [1.29, 1.82) is 0 Å². The van der Waals surface area contributed by atoms with Gasteiger partial charge in [-0.1, -0.05) is 6.08 Å². The van der Waals surface area contributed by atoms with Crippen LogP contribution >= 0.6 is 0 Å². The number of rotatable bonds is 5. The van der Waals surface area contributed by atoms with Crippen molar-refractivity contribution >= 4 is 12.2 Å². The van der Waals surface area contributed by atoms with E-state index in [-0.39, 0.29) is 11.6 Å². The van der Waals surface area contributed by atoms with Crippen LogP contribution in [0.4, 0.5) is 14.0 Å². The highest BCUT2D eigenvalue weighted by atomic mass is 19.1. The van der Waals surface area contributed by atoms with E-state index < -0.39 is 29.4 Å². The average molecular weight is 432 g/mol. The van der Waals surface area contributed by atoms with Crippen molar-refractivity contribution in [3.8, 4) is 11.3 Å². The van der Waals surface area contributed by atoms with E-state index in [1.807, 2.05) is 0 Å². The standard InChI is InChI=1S/C23H30FN3O4/c1-8-9-17(26-20(28)30-22(2,3)4)19-25-18(15-10-12-16(24)13-11-15)14-27(19)21(29)31-23(5,6)7/h8,10-14,17H,1,9H2,2-7H3,(H,26,28)/t17-/m0/s1. The summed E-state index contributed by atoms with van der Waals surface area (Å²) in [6.45, 7) is 14.2. The van der Waals surface area contributed by atoms with Crippen molar-refractivity contribution in [3.63, 3.8) is 0 Å². The monoisotopic (exact) mass is 431 g/mol. The van der Waals surface area contributed by atoms with Crippen LogP contribution in [0.2, 0.25) is 0 Å². The number of alkyl carbamates (subject to hydrolysis) is 1. The number of carbonyl (C=O) groups is 2. The number of nitrogens with one attached hydrogen (secondary N) is 1. The van der Waals surface area contributed by atoms with Crippen LogP contribution in [0.3, 0.4) is 0 Å². The fourth-order valence-corrected chi connectivity index (χ4v) is 2.70. The summed E-state index contributed by atoms with van der Waals surface area (Å²) in [6, 6.07) is 5.03. The molecule has 2 aromatic rings. The lowest BCUT2D eigenvalue weighted by Crippen LogP contribution is -2.37. The maximum absolute atomic E-state index is 13.3. The molecule has 1 N–H and O–H groups in total. The van der Waals surface area contributed by atoms with E-state index in [1.54, 1.807) is 59.8 Å². The van der Waals surface area contributed by atoms with Gasteiger partial charge >= 0.3 is 12.2 Å². The Morgan fingerprint density at radius 1 is 1.13 bits per heavy atom. The van der Waals surface area contributed by atoms with Crippen LogP contribution in [0.25, 0.3) is 11.3 Å². The van der Waals surface area contributed by atoms with Crippen LogP contribution in [0.1, 0.15) is 59.8 Å². The molecule has 1 amide bonds. The molecule has 2 rings (SSSR count). The maximum Gasteiger partial charge on any atom is 0.420 e. The molecule has 7 nitrogen and oxygen atoms in total. The molecule has 1 heterocycles.